The first-order chi connectivity index (χ1) is 20.6. The van der Waals surface area contributed by atoms with Gasteiger partial charge in [0.2, 0.25) is 5.91 Å². The van der Waals surface area contributed by atoms with Crippen LogP contribution in [0.5, 0.6) is 0 Å². The molecule has 0 saturated carbocycles. The summed E-state index contributed by atoms with van der Waals surface area (Å²) < 4.78 is 15.6. The van der Waals surface area contributed by atoms with Crippen molar-refractivity contribution in [2.24, 2.45) is 11.1 Å². The summed E-state index contributed by atoms with van der Waals surface area (Å²) in [6.45, 7) is 0.468. The fraction of sp³-hybridized carbons (Fsp3) is 0.273. The molecule has 6 nitrogen and oxygen atoms in total. The molecule has 0 radical (unpaired) electrons. The lowest BCUT2D eigenvalue weighted by Gasteiger charge is -2.40. The number of hydrogen-bond acceptors (Lipinski definition) is 3. The number of likely N-dealkylation sites (tertiary alicyclic amines) is 1. The molecule has 0 bridgehead atoms. The standard InChI is InChI=1S/C33H31Cl3FN3O3/c34-22-4-7-25(8-5-22)40-29(11-17-41)27(20-30(40)26-9-6-23(35)19-28(26)36)31(42)39-15-13-33(14-16-39,32(38)43)12-10-21-2-1-3-24(37)18-21/h1-9,18-20,41H,10-17H2,(H2,38,43). The third-order valence-corrected chi connectivity index (χ3v) is 9.09. The zero-order chi connectivity index (χ0) is 30.7. The summed E-state index contributed by atoms with van der Waals surface area (Å²) in [6, 6.07) is 20.5. The lowest BCUT2D eigenvalue weighted by molar-refractivity contribution is -0.130. The number of aliphatic hydroxyl groups is 1. The highest BCUT2D eigenvalue weighted by Gasteiger charge is 2.41. The number of carbonyl (C=O) groups excluding carboxylic acids is 2. The maximum atomic E-state index is 14.1. The van der Waals surface area contributed by atoms with Crippen molar-refractivity contribution in [2.45, 2.75) is 32.1 Å². The zero-order valence-corrected chi connectivity index (χ0v) is 25.6. The summed E-state index contributed by atoms with van der Waals surface area (Å²) in [5, 5.41) is 11.5. The van der Waals surface area contributed by atoms with Gasteiger partial charge in [-0.15, -0.1) is 0 Å². The Morgan fingerprint density at radius 2 is 1.60 bits per heavy atom. The van der Waals surface area contributed by atoms with E-state index in [-0.39, 0.29) is 24.8 Å². The van der Waals surface area contributed by atoms with Gasteiger partial charge in [-0.1, -0.05) is 46.9 Å². The second-order valence-electron chi connectivity index (χ2n) is 10.9. The molecule has 10 heteroatoms. The van der Waals surface area contributed by atoms with E-state index in [1.165, 1.54) is 12.1 Å². The van der Waals surface area contributed by atoms with Crippen molar-refractivity contribution in [1.29, 1.82) is 0 Å². The third kappa shape index (κ3) is 6.60. The first-order valence-electron chi connectivity index (χ1n) is 14.0. The second-order valence-corrected chi connectivity index (χ2v) is 12.1. The molecule has 5 rings (SSSR count). The Morgan fingerprint density at radius 1 is 0.907 bits per heavy atom. The van der Waals surface area contributed by atoms with Gasteiger partial charge in [-0.2, -0.15) is 0 Å². The van der Waals surface area contributed by atoms with Gasteiger partial charge in [0.15, 0.2) is 0 Å². The Bertz CT molecular complexity index is 1650. The molecule has 0 aliphatic carbocycles. The van der Waals surface area contributed by atoms with Crippen molar-refractivity contribution in [3.8, 4) is 16.9 Å². The van der Waals surface area contributed by atoms with Crippen LogP contribution >= 0.6 is 34.8 Å². The van der Waals surface area contributed by atoms with Gasteiger partial charge in [0.05, 0.1) is 21.7 Å². The lowest BCUT2D eigenvalue weighted by atomic mass is 9.73. The molecule has 1 saturated heterocycles. The molecule has 43 heavy (non-hydrogen) atoms. The van der Waals surface area contributed by atoms with Gasteiger partial charge in [-0.3, -0.25) is 9.59 Å². The van der Waals surface area contributed by atoms with E-state index in [0.29, 0.717) is 76.4 Å². The van der Waals surface area contributed by atoms with Gasteiger partial charge in [-0.05, 0) is 91.9 Å². The molecule has 1 fully saturated rings. The molecule has 1 aliphatic heterocycles. The van der Waals surface area contributed by atoms with Crippen LogP contribution in [-0.2, 0) is 17.6 Å². The Labute approximate surface area is 264 Å². The van der Waals surface area contributed by atoms with Crippen LogP contribution in [0.3, 0.4) is 0 Å². The number of nitrogens with two attached hydrogens (primary N) is 1. The van der Waals surface area contributed by atoms with E-state index in [9.17, 15) is 19.1 Å². The normalized spacial score (nSPS) is 14.6. The van der Waals surface area contributed by atoms with Crippen molar-refractivity contribution >= 4 is 46.6 Å². The number of piperidine rings is 1. The SMILES string of the molecule is NC(=O)C1(CCc2cccc(F)c2)CCN(C(=O)c2cc(-c3ccc(Cl)cc3Cl)n(-c3ccc(Cl)cc3)c2CCO)CC1. The van der Waals surface area contributed by atoms with E-state index < -0.39 is 11.3 Å². The van der Waals surface area contributed by atoms with Crippen LogP contribution in [0.15, 0.2) is 72.8 Å². The molecule has 4 aromatic rings. The summed E-state index contributed by atoms with van der Waals surface area (Å²) in [4.78, 5) is 28.5. The van der Waals surface area contributed by atoms with Crippen molar-refractivity contribution in [1.82, 2.24) is 9.47 Å². The molecule has 3 N–H and O–H groups in total. The smallest absolute Gasteiger partial charge is 0.255 e. The predicted octanol–water partition coefficient (Wildman–Crippen LogP) is 7.12. The third-order valence-electron chi connectivity index (χ3n) is 8.29. The number of hydrogen-bond donors (Lipinski definition) is 2. The maximum absolute atomic E-state index is 14.1. The van der Waals surface area contributed by atoms with Gasteiger partial charge in [-0.25, -0.2) is 4.39 Å². The average Bonchev–Trinajstić information content (AvgIpc) is 3.35. The molecule has 1 aromatic heterocycles. The molecule has 2 amide bonds. The minimum absolute atomic E-state index is 0.184. The highest BCUT2D eigenvalue weighted by Crippen LogP contribution is 2.39. The fourth-order valence-corrected chi connectivity index (χ4v) is 6.50. The number of nitrogens with zero attached hydrogens (tertiary/aromatic N) is 2. The van der Waals surface area contributed by atoms with E-state index >= 15 is 0 Å². The number of primary amides is 1. The van der Waals surface area contributed by atoms with Crippen LogP contribution < -0.4 is 5.73 Å². The molecule has 3 aromatic carbocycles. The molecule has 1 aliphatic rings. The van der Waals surface area contributed by atoms with Gasteiger partial charge in [0.1, 0.15) is 5.82 Å². The first kappa shape index (κ1) is 31.1. The first-order valence-corrected chi connectivity index (χ1v) is 15.2. The van der Waals surface area contributed by atoms with Crippen molar-refractivity contribution < 1.29 is 19.1 Å². The highest BCUT2D eigenvalue weighted by atomic mass is 35.5. The monoisotopic (exact) mass is 641 g/mol. The summed E-state index contributed by atoms with van der Waals surface area (Å²) >= 11 is 19.0. The number of aromatic nitrogens is 1. The second kappa shape index (κ2) is 13.1. The van der Waals surface area contributed by atoms with Gasteiger partial charge in [0, 0.05) is 53.1 Å². The summed E-state index contributed by atoms with van der Waals surface area (Å²) in [5.74, 6) is -0.953. The fourth-order valence-electron chi connectivity index (χ4n) is 5.87. The Balaban J connectivity index is 1.47. The topological polar surface area (TPSA) is 88.6 Å². The number of amides is 2. The molecule has 2 heterocycles. The van der Waals surface area contributed by atoms with E-state index in [4.69, 9.17) is 40.5 Å². The van der Waals surface area contributed by atoms with Crippen LogP contribution in [0, 0.1) is 11.2 Å². The molecular formula is C33H31Cl3FN3O3. The van der Waals surface area contributed by atoms with E-state index in [2.05, 4.69) is 0 Å². The minimum Gasteiger partial charge on any atom is -0.396 e. The van der Waals surface area contributed by atoms with Gasteiger partial charge >= 0.3 is 0 Å². The van der Waals surface area contributed by atoms with Crippen LogP contribution in [0.2, 0.25) is 15.1 Å². The number of halogens is 4. The largest absolute Gasteiger partial charge is 0.396 e. The van der Waals surface area contributed by atoms with Crippen LogP contribution in [-0.4, -0.2) is 46.1 Å². The van der Waals surface area contributed by atoms with Crippen LogP contribution in [0.4, 0.5) is 4.39 Å². The minimum atomic E-state index is -0.797. The molecule has 224 valence electrons. The van der Waals surface area contributed by atoms with Crippen molar-refractivity contribution in [2.75, 3.05) is 19.7 Å². The van der Waals surface area contributed by atoms with Crippen LogP contribution in [0.1, 0.15) is 40.9 Å². The number of rotatable bonds is 9. The van der Waals surface area contributed by atoms with E-state index in [1.807, 2.05) is 22.8 Å². The summed E-state index contributed by atoms with van der Waals surface area (Å²) in [5.41, 5.74) is 9.02. The van der Waals surface area contributed by atoms with E-state index in [1.54, 1.807) is 47.4 Å². The van der Waals surface area contributed by atoms with Gasteiger partial charge < -0.3 is 20.3 Å². The summed E-state index contributed by atoms with van der Waals surface area (Å²) in [7, 11) is 0. The molecule has 0 atom stereocenters. The maximum Gasteiger partial charge on any atom is 0.255 e. The number of aliphatic hydroxyl groups excluding tert-OH is 1. The highest BCUT2D eigenvalue weighted by molar-refractivity contribution is 6.36. The summed E-state index contributed by atoms with van der Waals surface area (Å²) in [6.07, 6.45) is 1.97. The zero-order valence-electron chi connectivity index (χ0n) is 23.3. The van der Waals surface area contributed by atoms with Crippen molar-refractivity contribution in [3.05, 3.63) is 111 Å². The Kier molecular flexibility index (Phi) is 9.47. The number of benzene rings is 3. The molecule has 0 unspecified atom stereocenters. The predicted molar refractivity (Wildman–Crippen MR) is 169 cm³/mol. The van der Waals surface area contributed by atoms with Gasteiger partial charge in [0.25, 0.3) is 5.91 Å². The number of carbonyl (C=O) groups is 2. The molecular weight excluding hydrogens is 612 g/mol. The number of aryl methyl sites for hydroxylation is 1. The van der Waals surface area contributed by atoms with Crippen LogP contribution in [0.25, 0.3) is 16.9 Å². The van der Waals surface area contributed by atoms with E-state index in [0.717, 1.165) is 11.3 Å². The average molecular weight is 643 g/mol. The Hall–Kier alpha value is -3.36. The quantitative estimate of drug-likeness (QED) is 0.204. The van der Waals surface area contributed by atoms with Crippen molar-refractivity contribution in [3.63, 3.8) is 0 Å². The molecule has 0 spiro atoms. The lowest BCUT2D eigenvalue weighted by Crippen LogP contribution is -2.49. The Morgan fingerprint density at radius 3 is 2.23 bits per heavy atom.